The van der Waals surface area contributed by atoms with Crippen LogP contribution < -0.4 is 4.74 Å². The number of aliphatic hydroxyl groups excluding tert-OH is 1. The summed E-state index contributed by atoms with van der Waals surface area (Å²) in [5.74, 6) is -0.0773. The summed E-state index contributed by atoms with van der Waals surface area (Å²) < 4.78 is 5.96. The van der Waals surface area contributed by atoms with Crippen LogP contribution in [-0.2, 0) is 4.79 Å². The van der Waals surface area contributed by atoms with Crippen molar-refractivity contribution < 1.29 is 19.7 Å². The van der Waals surface area contributed by atoms with Crippen LogP contribution in [0.5, 0.6) is 5.75 Å². The van der Waals surface area contributed by atoms with Gasteiger partial charge in [-0.2, -0.15) is 0 Å². The third-order valence-electron chi connectivity index (χ3n) is 4.85. The fourth-order valence-electron chi connectivity index (χ4n) is 2.72. The molecule has 0 saturated heterocycles. The van der Waals surface area contributed by atoms with Gasteiger partial charge in [0, 0.05) is 18.3 Å². The van der Waals surface area contributed by atoms with Crippen molar-refractivity contribution in [3.05, 3.63) is 71.0 Å². The topological polar surface area (TPSA) is 79.1 Å². The summed E-state index contributed by atoms with van der Waals surface area (Å²) in [4.78, 5) is 15.4. The van der Waals surface area contributed by atoms with Gasteiger partial charge in [0.25, 0.3) is 0 Å². The van der Waals surface area contributed by atoms with Gasteiger partial charge in [-0.05, 0) is 67.9 Å². The summed E-state index contributed by atoms with van der Waals surface area (Å²) in [6.07, 6.45) is 7.81. The van der Waals surface area contributed by atoms with E-state index in [1.807, 2.05) is 51.1 Å². The van der Waals surface area contributed by atoms with Gasteiger partial charge >= 0.3 is 5.97 Å². The largest absolute Gasteiger partial charge is 0.507 e. The third-order valence-corrected chi connectivity index (χ3v) is 4.85. The molecular weight excluding hydrogens is 378 g/mol. The summed E-state index contributed by atoms with van der Waals surface area (Å²) in [5.41, 5.74) is 3.07. The van der Waals surface area contributed by atoms with Crippen LogP contribution in [0.2, 0.25) is 0 Å². The molecule has 2 rings (SSSR count). The Kier molecular flexibility index (Phi) is 8.66. The maximum absolute atomic E-state index is 11.4. The minimum atomic E-state index is -1.22. The number of para-hydroxylation sites is 1. The molecule has 160 valence electrons. The predicted octanol–water partition coefficient (Wildman–Crippen LogP) is 5.76. The number of carboxylic acid groups (broad SMARTS) is 1. The molecule has 0 aromatic heterocycles. The standard InChI is InChI=1S/C25H31NO4/c1-5-12-26-15-22(25(28)29)23(27)14-18(3)17(2)13-19(4)21-8-6-7-9-24(21)30-16-20-10-11-20/h6-9,13-15,20,27H,4-5,10-12,16H2,1-3H3,(H,28,29)/b17-13+,18-14+,23-22-,26-15?. The van der Waals surface area contributed by atoms with Crippen LogP contribution in [0.4, 0.5) is 0 Å². The molecule has 1 saturated carbocycles. The average Bonchev–Trinajstić information content (AvgIpc) is 3.53. The monoisotopic (exact) mass is 409 g/mol. The van der Waals surface area contributed by atoms with Gasteiger partial charge in [0.1, 0.15) is 17.1 Å². The summed E-state index contributed by atoms with van der Waals surface area (Å²) in [6.45, 7) is 11.1. The van der Waals surface area contributed by atoms with Crippen LogP contribution in [0.3, 0.4) is 0 Å². The Bertz CT molecular complexity index is 901. The van der Waals surface area contributed by atoms with E-state index in [-0.39, 0.29) is 11.3 Å². The van der Waals surface area contributed by atoms with Crippen LogP contribution in [0.25, 0.3) is 5.57 Å². The van der Waals surface area contributed by atoms with Crippen molar-refractivity contribution >= 4 is 17.8 Å². The van der Waals surface area contributed by atoms with E-state index in [1.54, 1.807) is 0 Å². The van der Waals surface area contributed by atoms with Gasteiger partial charge in [-0.1, -0.05) is 37.8 Å². The molecular formula is C25H31NO4. The Morgan fingerprint density at radius 2 is 1.87 bits per heavy atom. The van der Waals surface area contributed by atoms with Crippen molar-refractivity contribution in [3.63, 3.8) is 0 Å². The highest BCUT2D eigenvalue weighted by Crippen LogP contribution is 2.32. The Labute approximate surface area is 178 Å². The van der Waals surface area contributed by atoms with Crippen molar-refractivity contribution in [2.24, 2.45) is 10.9 Å². The van der Waals surface area contributed by atoms with E-state index in [2.05, 4.69) is 11.6 Å². The Morgan fingerprint density at radius 3 is 2.50 bits per heavy atom. The Balaban J connectivity index is 2.21. The van der Waals surface area contributed by atoms with Gasteiger partial charge in [0.2, 0.25) is 0 Å². The highest BCUT2D eigenvalue weighted by molar-refractivity contribution is 6.09. The molecule has 2 N–H and O–H groups in total. The molecule has 0 aliphatic heterocycles. The van der Waals surface area contributed by atoms with Crippen LogP contribution in [0.15, 0.2) is 70.5 Å². The van der Waals surface area contributed by atoms with Gasteiger partial charge in [-0.25, -0.2) is 4.79 Å². The second kappa shape index (κ2) is 11.2. The van der Waals surface area contributed by atoms with Crippen LogP contribution in [-0.4, -0.2) is 35.5 Å². The molecule has 0 amide bonds. The number of carboxylic acids is 1. The summed E-state index contributed by atoms with van der Waals surface area (Å²) in [5, 5.41) is 19.6. The van der Waals surface area contributed by atoms with Gasteiger partial charge in [-0.15, -0.1) is 0 Å². The minimum absolute atomic E-state index is 0.228. The predicted molar refractivity (Wildman–Crippen MR) is 122 cm³/mol. The summed E-state index contributed by atoms with van der Waals surface area (Å²) in [6, 6.07) is 7.80. The zero-order valence-corrected chi connectivity index (χ0v) is 18.0. The van der Waals surface area contributed by atoms with Gasteiger partial charge in [-0.3, -0.25) is 4.99 Å². The average molecular weight is 410 g/mol. The van der Waals surface area contributed by atoms with E-state index in [4.69, 9.17) is 4.74 Å². The van der Waals surface area contributed by atoms with Crippen molar-refractivity contribution in [3.8, 4) is 5.75 Å². The van der Waals surface area contributed by atoms with E-state index in [9.17, 15) is 15.0 Å². The quantitative estimate of drug-likeness (QED) is 0.211. The number of rotatable bonds is 11. The van der Waals surface area contributed by atoms with E-state index >= 15 is 0 Å². The molecule has 1 aliphatic carbocycles. The molecule has 1 aliphatic rings. The normalized spacial score (nSPS) is 15.8. The highest BCUT2D eigenvalue weighted by atomic mass is 16.5. The van der Waals surface area contributed by atoms with E-state index in [1.165, 1.54) is 25.1 Å². The molecule has 0 radical (unpaired) electrons. The smallest absolute Gasteiger partial charge is 0.341 e. The zero-order chi connectivity index (χ0) is 22.1. The number of aliphatic imine (C=N–C) groups is 1. The molecule has 0 bridgehead atoms. The fourth-order valence-corrected chi connectivity index (χ4v) is 2.72. The lowest BCUT2D eigenvalue weighted by atomic mass is 10.00. The molecule has 0 spiro atoms. The molecule has 30 heavy (non-hydrogen) atoms. The number of ether oxygens (including phenoxy) is 1. The molecule has 5 nitrogen and oxygen atoms in total. The van der Waals surface area contributed by atoms with E-state index in [0.29, 0.717) is 12.5 Å². The van der Waals surface area contributed by atoms with Crippen molar-refractivity contribution in [1.82, 2.24) is 0 Å². The van der Waals surface area contributed by atoms with Crippen LogP contribution in [0, 0.1) is 5.92 Å². The first-order chi connectivity index (χ1) is 14.3. The molecule has 0 heterocycles. The Morgan fingerprint density at radius 1 is 1.20 bits per heavy atom. The number of hydrogen-bond donors (Lipinski definition) is 2. The van der Waals surface area contributed by atoms with Gasteiger partial charge < -0.3 is 14.9 Å². The SMILES string of the molecule is C=C(/C=C(C)/C(C)=C/C(O)=C(\C=NCCC)C(=O)O)c1ccccc1OCC1CC1. The lowest BCUT2D eigenvalue weighted by Gasteiger charge is -2.12. The van der Waals surface area contributed by atoms with E-state index in [0.717, 1.165) is 41.1 Å². The maximum Gasteiger partial charge on any atom is 0.341 e. The van der Waals surface area contributed by atoms with Crippen molar-refractivity contribution in [1.29, 1.82) is 0 Å². The zero-order valence-electron chi connectivity index (χ0n) is 18.0. The number of benzene rings is 1. The molecule has 0 atom stereocenters. The Hall–Kier alpha value is -3.08. The van der Waals surface area contributed by atoms with Crippen LogP contribution >= 0.6 is 0 Å². The molecule has 0 unspecified atom stereocenters. The molecule has 1 aromatic carbocycles. The van der Waals surface area contributed by atoms with Crippen molar-refractivity contribution in [2.75, 3.05) is 13.2 Å². The first-order valence-corrected chi connectivity index (χ1v) is 10.3. The number of carbonyl (C=O) groups is 1. The fraction of sp³-hybridized carbons (Fsp3) is 0.360. The minimum Gasteiger partial charge on any atom is -0.507 e. The second-order valence-electron chi connectivity index (χ2n) is 7.57. The van der Waals surface area contributed by atoms with E-state index < -0.39 is 5.97 Å². The second-order valence-corrected chi connectivity index (χ2v) is 7.57. The lowest BCUT2D eigenvalue weighted by molar-refractivity contribution is -0.132. The number of nitrogens with zero attached hydrogens (tertiary/aromatic N) is 1. The van der Waals surface area contributed by atoms with Crippen LogP contribution in [0.1, 0.15) is 45.6 Å². The first-order valence-electron chi connectivity index (χ1n) is 10.3. The summed E-state index contributed by atoms with van der Waals surface area (Å²) >= 11 is 0. The first kappa shape index (κ1) is 23.2. The van der Waals surface area contributed by atoms with Crippen molar-refractivity contribution in [2.45, 2.75) is 40.0 Å². The highest BCUT2D eigenvalue weighted by Gasteiger charge is 2.22. The van der Waals surface area contributed by atoms with Gasteiger partial charge in [0.05, 0.1) is 6.61 Å². The molecule has 1 aromatic rings. The lowest BCUT2D eigenvalue weighted by Crippen LogP contribution is -2.06. The number of aliphatic hydroxyl groups is 1. The number of hydrogen-bond acceptors (Lipinski definition) is 4. The summed E-state index contributed by atoms with van der Waals surface area (Å²) in [7, 11) is 0. The molecule has 1 fully saturated rings. The maximum atomic E-state index is 11.4. The number of aliphatic carboxylic acids is 1. The number of allylic oxidation sites excluding steroid dienone is 5. The molecule has 5 heteroatoms. The third kappa shape index (κ3) is 7.07. The van der Waals surface area contributed by atoms with Gasteiger partial charge in [0.15, 0.2) is 0 Å².